The number of aromatic hydroxyl groups is 1. The second-order valence-electron chi connectivity index (χ2n) is 7.93. The molecule has 1 aromatic heterocycles. The van der Waals surface area contributed by atoms with E-state index in [9.17, 15) is 15.1 Å². The summed E-state index contributed by atoms with van der Waals surface area (Å²) < 4.78 is 6.46. The van der Waals surface area contributed by atoms with Crippen molar-refractivity contribution in [3.05, 3.63) is 83.0 Å². The molecule has 1 aliphatic carbocycles. The Balaban J connectivity index is 1.82. The third-order valence-corrected chi connectivity index (χ3v) is 8.17. The quantitative estimate of drug-likeness (QED) is 0.0746. The number of benzene rings is 1. The van der Waals surface area contributed by atoms with E-state index in [1.807, 2.05) is 37.3 Å². The number of carbonyl (C=O) groups excluding carboxylic acids is 1. The Hall–Kier alpha value is -2.52. The van der Waals surface area contributed by atoms with E-state index in [1.54, 1.807) is 36.2 Å². The predicted octanol–water partition coefficient (Wildman–Crippen LogP) is 5.71. The number of hydrogen-bond acceptors (Lipinski definition) is 7. The zero-order valence-corrected chi connectivity index (χ0v) is 21.0. The molecule has 0 saturated heterocycles. The lowest BCUT2D eigenvalue weighted by Crippen LogP contribution is -2.30. The number of allylic oxidation sites excluding steroid dienone is 4. The molecule has 0 radical (unpaired) electrons. The number of ether oxygens (including phenoxy) is 1. The number of phenols is 1. The van der Waals surface area contributed by atoms with E-state index in [-0.39, 0.29) is 23.6 Å². The monoisotopic (exact) mass is 500 g/mol. The first-order valence-corrected chi connectivity index (χ1v) is 13.1. The van der Waals surface area contributed by atoms with Gasteiger partial charge in [0.2, 0.25) is 0 Å². The minimum atomic E-state index is -0.272. The maximum atomic E-state index is 13.2. The molecule has 6 nitrogen and oxygen atoms in total. The molecular formula is C26H32N2O4S2. The van der Waals surface area contributed by atoms with Gasteiger partial charge >= 0.3 is 0 Å². The number of fused-ring (bicyclic) bond motifs is 1. The van der Waals surface area contributed by atoms with Gasteiger partial charge in [0.1, 0.15) is 12.4 Å². The van der Waals surface area contributed by atoms with Crippen LogP contribution in [0.5, 0.6) is 5.75 Å². The summed E-state index contributed by atoms with van der Waals surface area (Å²) in [6, 6.07) is 6.89. The van der Waals surface area contributed by atoms with Crippen molar-refractivity contribution < 1.29 is 19.8 Å². The number of rotatable bonds is 12. The lowest BCUT2D eigenvalue weighted by Gasteiger charge is -2.30. The van der Waals surface area contributed by atoms with Crippen molar-refractivity contribution in [2.24, 2.45) is 0 Å². The summed E-state index contributed by atoms with van der Waals surface area (Å²) in [4.78, 5) is 13.8. The number of carbonyl (C=O) groups is 1. The normalized spacial score (nSPS) is 17.7. The van der Waals surface area contributed by atoms with Crippen molar-refractivity contribution in [1.82, 2.24) is 10.8 Å². The summed E-state index contributed by atoms with van der Waals surface area (Å²) in [5.74, 6) is 1.07. The summed E-state index contributed by atoms with van der Waals surface area (Å²) in [7, 11) is 0. The van der Waals surface area contributed by atoms with Crippen LogP contribution in [0.4, 0.5) is 0 Å². The molecular weight excluding hydrogens is 468 g/mol. The van der Waals surface area contributed by atoms with Crippen molar-refractivity contribution in [2.75, 3.05) is 18.9 Å². The van der Waals surface area contributed by atoms with Crippen LogP contribution in [0.15, 0.2) is 65.6 Å². The minimum Gasteiger partial charge on any atom is -0.508 e. The first-order valence-electron chi connectivity index (χ1n) is 11.3. The molecule has 4 N–H and O–H groups in total. The Bertz CT molecular complexity index is 1010. The summed E-state index contributed by atoms with van der Waals surface area (Å²) in [5.41, 5.74) is 5.56. The van der Waals surface area contributed by atoms with Gasteiger partial charge in [0, 0.05) is 5.75 Å². The standard InChI is InChI=1S/C26H32N2O4S2/c1-3-5-7-13-32-14-12-27-25(30)24-21-16-19(18-8-10-20(29)11-9-18)17-22(28-31)23(21)26(34-24)33-15-6-4-2/h3-5,7-11,13,19,22,28-29,31H,2,6,12,14-17H2,1H3,(H,27,30)/b5-3-,13-7+. The highest BCUT2D eigenvalue weighted by Crippen LogP contribution is 2.48. The van der Waals surface area contributed by atoms with E-state index in [4.69, 9.17) is 4.74 Å². The fourth-order valence-corrected chi connectivity index (χ4v) is 6.64. The molecule has 182 valence electrons. The number of thioether (sulfide) groups is 1. The molecule has 3 rings (SSSR count). The first-order chi connectivity index (χ1) is 16.6. The zero-order valence-electron chi connectivity index (χ0n) is 19.3. The lowest BCUT2D eigenvalue weighted by atomic mass is 9.78. The third kappa shape index (κ3) is 6.76. The molecule has 2 aromatic rings. The van der Waals surface area contributed by atoms with Gasteiger partial charge in [-0.1, -0.05) is 30.4 Å². The molecule has 34 heavy (non-hydrogen) atoms. The molecule has 0 bridgehead atoms. The number of nitrogens with one attached hydrogen (secondary N) is 2. The van der Waals surface area contributed by atoms with Crippen molar-refractivity contribution in [3.8, 4) is 5.75 Å². The summed E-state index contributed by atoms with van der Waals surface area (Å²) in [5, 5.41) is 22.6. The average molecular weight is 501 g/mol. The third-order valence-electron chi connectivity index (χ3n) is 5.60. The molecule has 1 aliphatic rings. The van der Waals surface area contributed by atoms with E-state index in [2.05, 4.69) is 17.4 Å². The largest absolute Gasteiger partial charge is 0.508 e. The summed E-state index contributed by atoms with van der Waals surface area (Å²) >= 11 is 3.19. The van der Waals surface area contributed by atoms with Crippen molar-refractivity contribution in [2.45, 2.75) is 42.4 Å². The van der Waals surface area contributed by atoms with Crippen LogP contribution < -0.4 is 10.8 Å². The van der Waals surface area contributed by atoms with E-state index in [1.165, 1.54) is 11.3 Å². The van der Waals surface area contributed by atoms with Gasteiger partial charge in [-0.25, -0.2) is 0 Å². The van der Waals surface area contributed by atoms with Gasteiger partial charge in [0.15, 0.2) is 0 Å². The smallest absolute Gasteiger partial charge is 0.261 e. The number of hydrogen-bond donors (Lipinski definition) is 4. The number of thiophene rings is 1. The van der Waals surface area contributed by atoms with Gasteiger partial charge in [0.25, 0.3) is 5.91 Å². The van der Waals surface area contributed by atoms with Crippen LogP contribution in [0, 0.1) is 0 Å². The van der Waals surface area contributed by atoms with Gasteiger partial charge in [-0.05, 0) is 67.0 Å². The van der Waals surface area contributed by atoms with Gasteiger partial charge in [-0.3, -0.25) is 4.79 Å². The van der Waals surface area contributed by atoms with E-state index >= 15 is 0 Å². The molecule has 1 aromatic carbocycles. The van der Waals surface area contributed by atoms with Crippen molar-refractivity contribution in [1.29, 1.82) is 0 Å². The van der Waals surface area contributed by atoms with Crippen LogP contribution in [-0.2, 0) is 11.2 Å². The van der Waals surface area contributed by atoms with Crippen molar-refractivity contribution >= 4 is 29.0 Å². The molecule has 1 heterocycles. The Morgan fingerprint density at radius 3 is 2.82 bits per heavy atom. The Labute approximate surface area is 209 Å². The number of hydroxylamine groups is 1. The lowest BCUT2D eigenvalue weighted by molar-refractivity contribution is 0.0943. The van der Waals surface area contributed by atoms with E-state index < -0.39 is 0 Å². The fourth-order valence-electron chi connectivity index (χ4n) is 3.97. The van der Waals surface area contributed by atoms with Crippen LogP contribution >= 0.6 is 23.1 Å². The average Bonchev–Trinajstić information content (AvgIpc) is 3.22. The van der Waals surface area contributed by atoms with Crippen LogP contribution in [0.1, 0.15) is 58.1 Å². The number of amides is 1. The molecule has 0 saturated carbocycles. The van der Waals surface area contributed by atoms with Gasteiger partial charge < -0.3 is 20.4 Å². The SMILES string of the molecule is C=CCCSc1sc(C(=O)NCCO/C=C/C=C\C)c2c1C(NO)CC(c1ccc(O)cc1)C2. The van der Waals surface area contributed by atoms with Crippen LogP contribution in [0.2, 0.25) is 0 Å². The Morgan fingerprint density at radius 1 is 1.32 bits per heavy atom. The van der Waals surface area contributed by atoms with E-state index in [0.29, 0.717) is 30.9 Å². The topological polar surface area (TPSA) is 90.8 Å². The predicted molar refractivity (Wildman–Crippen MR) is 139 cm³/mol. The molecule has 0 fully saturated rings. The molecule has 1 amide bonds. The number of phenolic OH excluding ortho intramolecular Hbond substituents is 1. The zero-order chi connectivity index (χ0) is 24.3. The molecule has 8 heteroatoms. The second kappa shape index (κ2) is 13.4. The molecule has 2 atom stereocenters. The fraction of sp³-hybridized carbons (Fsp3) is 0.346. The van der Waals surface area contributed by atoms with Gasteiger partial charge in [-0.15, -0.1) is 29.7 Å². The van der Waals surface area contributed by atoms with Crippen LogP contribution in [-0.4, -0.2) is 35.1 Å². The van der Waals surface area contributed by atoms with Gasteiger partial charge in [0.05, 0.1) is 27.9 Å². The van der Waals surface area contributed by atoms with Gasteiger partial charge in [-0.2, -0.15) is 5.48 Å². The summed E-state index contributed by atoms with van der Waals surface area (Å²) in [6.45, 7) is 6.50. The highest BCUT2D eigenvalue weighted by molar-refractivity contribution is 8.01. The Kier molecular flexibility index (Phi) is 10.3. The van der Waals surface area contributed by atoms with Crippen LogP contribution in [0.25, 0.3) is 0 Å². The van der Waals surface area contributed by atoms with E-state index in [0.717, 1.165) is 33.1 Å². The maximum Gasteiger partial charge on any atom is 0.261 e. The first kappa shape index (κ1) is 26.1. The molecule has 0 spiro atoms. The second-order valence-corrected chi connectivity index (χ2v) is 10.3. The maximum absolute atomic E-state index is 13.2. The highest BCUT2D eigenvalue weighted by Gasteiger charge is 2.35. The Morgan fingerprint density at radius 2 is 2.12 bits per heavy atom. The minimum absolute atomic E-state index is 0.116. The molecule has 2 unspecified atom stereocenters. The molecule has 0 aliphatic heterocycles. The summed E-state index contributed by atoms with van der Waals surface area (Å²) in [6.07, 6.45) is 11.3. The van der Waals surface area contributed by atoms with Crippen molar-refractivity contribution in [3.63, 3.8) is 0 Å². The highest BCUT2D eigenvalue weighted by atomic mass is 32.2. The van der Waals surface area contributed by atoms with Crippen LogP contribution in [0.3, 0.4) is 0 Å².